The van der Waals surface area contributed by atoms with Gasteiger partial charge in [-0.2, -0.15) is 0 Å². The van der Waals surface area contributed by atoms with Gasteiger partial charge in [0.15, 0.2) is 0 Å². The summed E-state index contributed by atoms with van der Waals surface area (Å²) in [6.45, 7) is 7.07. The van der Waals surface area contributed by atoms with E-state index in [-0.39, 0.29) is 17.9 Å². The summed E-state index contributed by atoms with van der Waals surface area (Å²) in [5, 5.41) is 3.20. The topological polar surface area (TPSA) is 32.3 Å². The Kier molecular flexibility index (Phi) is 5.87. The van der Waals surface area contributed by atoms with Crippen molar-refractivity contribution in [2.45, 2.75) is 39.3 Å². The third kappa shape index (κ3) is 4.70. The summed E-state index contributed by atoms with van der Waals surface area (Å²) in [6.07, 6.45) is 2.07. The van der Waals surface area contributed by atoms with Crippen molar-refractivity contribution in [3.05, 3.63) is 71.3 Å². The first-order chi connectivity index (χ1) is 12.1. The van der Waals surface area contributed by atoms with Crippen molar-refractivity contribution in [3.63, 3.8) is 0 Å². The average Bonchev–Trinajstić information content (AvgIpc) is 2.64. The van der Waals surface area contributed by atoms with Crippen LogP contribution in [0, 0.1) is 12.8 Å². The molecule has 1 heterocycles. The van der Waals surface area contributed by atoms with Crippen molar-refractivity contribution in [3.8, 4) is 0 Å². The van der Waals surface area contributed by atoms with Crippen LogP contribution in [0.25, 0.3) is 0 Å². The maximum absolute atomic E-state index is 12.7. The molecule has 3 nitrogen and oxygen atoms in total. The van der Waals surface area contributed by atoms with Gasteiger partial charge in [-0.15, -0.1) is 0 Å². The number of carbonyl (C=O) groups is 1. The summed E-state index contributed by atoms with van der Waals surface area (Å²) in [7, 11) is 0. The fourth-order valence-corrected chi connectivity index (χ4v) is 3.60. The Hall–Kier alpha value is -2.13. The number of likely N-dealkylation sites (tertiary alicyclic amines) is 1. The van der Waals surface area contributed by atoms with Gasteiger partial charge in [-0.25, -0.2) is 0 Å². The molecule has 132 valence electrons. The van der Waals surface area contributed by atoms with Crippen LogP contribution in [-0.4, -0.2) is 23.9 Å². The molecule has 1 fully saturated rings. The van der Waals surface area contributed by atoms with Crippen molar-refractivity contribution >= 4 is 5.91 Å². The fourth-order valence-electron chi connectivity index (χ4n) is 3.60. The molecular weight excluding hydrogens is 308 g/mol. The number of nitrogens with zero attached hydrogens (tertiary/aromatic N) is 1. The lowest BCUT2D eigenvalue weighted by Crippen LogP contribution is -2.43. The number of nitrogens with one attached hydrogen (secondary N) is 1. The second-order valence-corrected chi connectivity index (χ2v) is 7.14. The Bertz CT molecular complexity index is 698. The summed E-state index contributed by atoms with van der Waals surface area (Å²) in [5.74, 6) is 0.273. The van der Waals surface area contributed by atoms with Crippen LogP contribution in [0.5, 0.6) is 0 Å². The number of hydrogen-bond acceptors (Lipinski definition) is 2. The van der Waals surface area contributed by atoms with Gasteiger partial charge in [0.2, 0.25) is 5.91 Å². The summed E-state index contributed by atoms with van der Waals surface area (Å²) >= 11 is 0. The van der Waals surface area contributed by atoms with Crippen molar-refractivity contribution in [1.82, 2.24) is 10.2 Å². The summed E-state index contributed by atoms with van der Waals surface area (Å²) in [6, 6.07) is 18.7. The molecule has 3 heteroatoms. The minimum absolute atomic E-state index is 0.0560. The lowest BCUT2D eigenvalue weighted by molar-refractivity contribution is -0.127. The molecular formula is C22H28N2O. The zero-order valence-electron chi connectivity index (χ0n) is 15.2. The second-order valence-electron chi connectivity index (χ2n) is 7.14. The number of hydrogen-bond donors (Lipinski definition) is 1. The van der Waals surface area contributed by atoms with Crippen molar-refractivity contribution in [2.24, 2.45) is 5.92 Å². The average molecular weight is 336 g/mol. The van der Waals surface area contributed by atoms with Crippen LogP contribution < -0.4 is 5.32 Å². The molecule has 0 radical (unpaired) electrons. The number of benzene rings is 2. The van der Waals surface area contributed by atoms with Crippen LogP contribution in [0.2, 0.25) is 0 Å². The van der Waals surface area contributed by atoms with E-state index in [2.05, 4.69) is 60.5 Å². The van der Waals surface area contributed by atoms with Gasteiger partial charge in [0, 0.05) is 13.1 Å². The van der Waals surface area contributed by atoms with E-state index in [9.17, 15) is 4.79 Å². The van der Waals surface area contributed by atoms with Gasteiger partial charge in [0.25, 0.3) is 0 Å². The molecule has 0 saturated carbocycles. The van der Waals surface area contributed by atoms with Crippen molar-refractivity contribution in [1.29, 1.82) is 0 Å². The number of piperidine rings is 1. The van der Waals surface area contributed by atoms with Crippen LogP contribution >= 0.6 is 0 Å². The SMILES string of the molecule is Cc1ccccc1CN1CCCC(C(=O)NC(C)c2ccccc2)C1. The predicted octanol–water partition coefficient (Wildman–Crippen LogP) is 4.08. The lowest BCUT2D eigenvalue weighted by Gasteiger charge is -2.33. The zero-order chi connectivity index (χ0) is 17.6. The first kappa shape index (κ1) is 17.7. The molecule has 0 spiro atoms. The first-order valence-electron chi connectivity index (χ1n) is 9.25. The maximum Gasteiger partial charge on any atom is 0.224 e. The highest BCUT2D eigenvalue weighted by molar-refractivity contribution is 5.79. The number of carbonyl (C=O) groups excluding carboxylic acids is 1. The highest BCUT2D eigenvalue weighted by Crippen LogP contribution is 2.21. The number of aryl methyl sites for hydroxylation is 1. The van der Waals surface area contributed by atoms with E-state index in [0.29, 0.717) is 0 Å². The van der Waals surface area contributed by atoms with E-state index in [1.165, 1.54) is 11.1 Å². The van der Waals surface area contributed by atoms with Gasteiger partial charge in [-0.3, -0.25) is 9.69 Å². The van der Waals surface area contributed by atoms with E-state index >= 15 is 0 Å². The molecule has 25 heavy (non-hydrogen) atoms. The molecule has 2 unspecified atom stereocenters. The minimum atomic E-state index is 0.0560. The molecule has 2 aromatic rings. The third-order valence-electron chi connectivity index (χ3n) is 5.19. The minimum Gasteiger partial charge on any atom is -0.349 e. The molecule has 1 amide bonds. The molecule has 1 saturated heterocycles. The Balaban J connectivity index is 1.57. The summed E-state index contributed by atoms with van der Waals surface area (Å²) in [5.41, 5.74) is 3.84. The van der Waals surface area contributed by atoms with E-state index in [4.69, 9.17) is 0 Å². The molecule has 2 aromatic carbocycles. The molecule has 0 aromatic heterocycles. The molecule has 3 rings (SSSR count). The van der Waals surface area contributed by atoms with E-state index in [1.54, 1.807) is 0 Å². The van der Waals surface area contributed by atoms with Crippen LogP contribution in [0.15, 0.2) is 54.6 Å². The molecule has 0 aliphatic carbocycles. The zero-order valence-corrected chi connectivity index (χ0v) is 15.2. The van der Waals surface area contributed by atoms with Gasteiger partial charge < -0.3 is 5.32 Å². The normalized spacial score (nSPS) is 19.4. The van der Waals surface area contributed by atoms with Crippen LogP contribution in [0.4, 0.5) is 0 Å². The van der Waals surface area contributed by atoms with Crippen molar-refractivity contribution in [2.75, 3.05) is 13.1 Å². The van der Waals surface area contributed by atoms with Crippen LogP contribution in [0.1, 0.15) is 42.5 Å². The Morgan fingerprint density at radius 2 is 1.88 bits per heavy atom. The van der Waals surface area contributed by atoms with Gasteiger partial charge in [0.1, 0.15) is 0 Å². The highest BCUT2D eigenvalue weighted by Gasteiger charge is 2.26. The standard InChI is InChI=1S/C22H28N2O/c1-17-9-6-7-12-20(17)15-24-14-8-13-21(16-24)22(25)23-18(2)19-10-4-3-5-11-19/h3-7,9-12,18,21H,8,13-16H2,1-2H3,(H,23,25). The molecule has 0 bridgehead atoms. The molecule has 2 atom stereocenters. The quantitative estimate of drug-likeness (QED) is 0.892. The van der Waals surface area contributed by atoms with E-state index in [0.717, 1.165) is 38.0 Å². The van der Waals surface area contributed by atoms with Crippen LogP contribution in [0.3, 0.4) is 0 Å². The molecule has 1 aliphatic rings. The van der Waals surface area contributed by atoms with Gasteiger partial charge in [-0.05, 0) is 49.9 Å². The fraction of sp³-hybridized carbons (Fsp3) is 0.409. The first-order valence-corrected chi connectivity index (χ1v) is 9.25. The van der Waals surface area contributed by atoms with E-state index in [1.807, 2.05) is 18.2 Å². The maximum atomic E-state index is 12.7. The summed E-state index contributed by atoms with van der Waals surface area (Å²) in [4.78, 5) is 15.1. The van der Waals surface area contributed by atoms with E-state index < -0.39 is 0 Å². The number of rotatable bonds is 5. The van der Waals surface area contributed by atoms with Gasteiger partial charge >= 0.3 is 0 Å². The Morgan fingerprint density at radius 1 is 1.16 bits per heavy atom. The lowest BCUT2D eigenvalue weighted by atomic mass is 9.95. The predicted molar refractivity (Wildman–Crippen MR) is 102 cm³/mol. The summed E-state index contributed by atoms with van der Waals surface area (Å²) < 4.78 is 0. The van der Waals surface area contributed by atoms with Crippen molar-refractivity contribution < 1.29 is 4.79 Å². The monoisotopic (exact) mass is 336 g/mol. The van der Waals surface area contributed by atoms with Gasteiger partial charge in [0.05, 0.1) is 12.0 Å². The number of amides is 1. The smallest absolute Gasteiger partial charge is 0.224 e. The van der Waals surface area contributed by atoms with Crippen LogP contribution in [-0.2, 0) is 11.3 Å². The second kappa shape index (κ2) is 8.30. The Labute approximate surface area is 151 Å². The third-order valence-corrected chi connectivity index (χ3v) is 5.19. The largest absolute Gasteiger partial charge is 0.349 e. The Morgan fingerprint density at radius 3 is 2.64 bits per heavy atom. The highest BCUT2D eigenvalue weighted by atomic mass is 16.2. The molecule has 1 N–H and O–H groups in total. The van der Waals surface area contributed by atoms with Gasteiger partial charge in [-0.1, -0.05) is 54.6 Å². The molecule has 1 aliphatic heterocycles.